The molecule has 1 saturated heterocycles. The van der Waals surface area contributed by atoms with Crippen molar-refractivity contribution in [1.29, 1.82) is 0 Å². The van der Waals surface area contributed by atoms with Gasteiger partial charge in [0.1, 0.15) is 10.0 Å². The van der Waals surface area contributed by atoms with Crippen molar-refractivity contribution in [2.75, 3.05) is 13.1 Å². The maximum atomic E-state index is 13.2. The number of carbonyl (C=O) groups is 1. The molecule has 1 saturated carbocycles. The minimum absolute atomic E-state index is 0.00207. The first-order valence-corrected chi connectivity index (χ1v) is 13.7. The van der Waals surface area contributed by atoms with Crippen LogP contribution in [-0.2, 0) is 14.8 Å². The highest BCUT2D eigenvalue weighted by atomic mass is 35.5. The summed E-state index contributed by atoms with van der Waals surface area (Å²) in [6, 6.07) is 13.2. The van der Waals surface area contributed by atoms with Gasteiger partial charge in [0.05, 0.1) is 6.04 Å². The number of nitrogens with one attached hydrogen (secondary N) is 1. The normalized spacial score (nSPS) is 19.8. The summed E-state index contributed by atoms with van der Waals surface area (Å²) >= 11 is 6.02. The molecule has 1 atom stereocenters. The van der Waals surface area contributed by atoms with Gasteiger partial charge in [-0.2, -0.15) is 4.31 Å². The third-order valence-electron chi connectivity index (χ3n) is 6.98. The predicted molar refractivity (Wildman–Crippen MR) is 129 cm³/mol. The molecule has 0 radical (unpaired) electrons. The molecule has 1 amide bonds. The number of benzene rings is 1. The van der Waals surface area contributed by atoms with E-state index in [1.807, 2.05) is 18.2 Å². The minimum atomic E-state index is -3.72. The first kappa shape index (κ1) is 24.2. The third-order valence-corrected chi connectivity index (χ3v) is 9.32. The van der Waals surface area contributed by atoms with Gasteiger partial charge in [0.25, 0.3) is 0 Å². The fourth-order valence-electron chi connectivity index (χ4n) is 5.07. The Hall–Kier alpha value is -1.96. The molecule has 1 aliphatic carbocycles. The standard InChI is InChI=1S/C25H32ClN3O3S/c26-24-23(12-7-15-27-24)33(31,32)29-16-13-21(14-17-29)25(30)28-22(20-10-5-2-6-11-20)18-19-8-3-1-4-9-19/h2,5-7,10-12,15,19,21-22H,1,3-4,8-9,13-14,16-18H2,(H,28,30). The van der Waals surface area contributed by atoms with Crippen LogP contribution >= 0.6 is 11.6 Å². The number of rotatable bonds is 7. The van der Waals surface area contributed by atoms with Crippen molar-refractivity contribution in [2.45, 2.75) is 62.3 Å². The molecular weight excluding hydrogens is 458 g/mol. The van der Waals surface area contributed by atoms with Crippen molar-refractivity contribution < 1.29 is 13.2 Å². The van der Waals surface area contributed by atoms with Gasteiger partial charge in [-0.3, -0.25) is 4.79 Å². The summed E-state index contributed by atoms with van der Waals surface area (Å²) in [6.07, 6.45) is 9.73. The van der Waals surface area contributed by atoms with E-state index < -0.39 is 10.0 Å². The molecule has 33 heavy (non-hydrogen) atoms. The van der Waals surface area contributed by atoms with Gasteiger partial charge in [0, 0.05) is 25.2 Å². The molecule has 2 heterocycles. The van der Waals surface area contributed by atoms with Crippen LogP contribution in [0, 0.1) is 11.8 Å². The summed E-state index contributed by atoms with van der Waals surface area (Å²) in [6.45, 7) is 0.592. The molecule has 2 aliphatic rings. The SMILES string of the molecule is O=C(NC(CC1CCCCC1)c1ccccc1)C1CCN(S(=O)(=O)c2cccnc2Cl)CC1. The van der Waals surface area contributed by atoms with Gasteiger partial charge in [-0.15, -0.1) is 0 Å². The Morgan fingerprint density at radius 1 is 1.03 bits per heavy atom. The number of piperidine rings is 1. The van der Waals surface area contributed by atoms with Gasteiger partial charge < -0.3 is 5.32 Å². The second kappa shape index (κ2) is 11.0. The second-order valence-corrected chi connectivity index (χ2v) is 11.4. The number of hydrogen-bond acceptors (Lipinski definition) is 4. The van der Waals surface area contributed by atoms with E-state index in [4.69, 9.17) is 11.6 Å². The highest BCUT2D eigenvalue weighted by molar-refractivity contribution is 7.89. The molecular formula is C25H32ClN3O3S. The topological polar surface area (TPSA) is 79.4 Å². The van der Waals surface area contributed by atoms with Crippen LogP contribution in [-0.4, -0.2) is 36.7 Å². The van der Waals surface area contributed by atoms with E-state index in [-0.39, 0.29) is 27.9 Å². The van der Waals surface area contributed by atoms with E-state index in [9.17, 15) is 13.2 Å². The molecule has 2 fully saturated rings. The van der Waals surface area contributed by atoms with Crippen molar-refractivity contribution in [1.82, 2.24) is 14.6 Å². The molecule has 0 bridgehead atoms. The van der Waals surface area contributed by atoms with Crippen molar-refractivity contribution in [3.05, 3.63) is 59.4 Å². The van der Waals surface area contributed by atoms with E-state index in [1.165, 1.54) is 48.7 Å². The molecule has 1 N–H and O–H groups in total. The van der Waals surface area contributed by atoms with Crippen LogP contribution in [0.4, 0.5) is 0 Å². The molecule has 1 aromatic heterocycles. The Bertz CT molecular complexity index is 1030. The van der Waals surface area contributed by atoms with Crippen LogP contribution in [0.1, 0.15) is 63.0 Å². The van der Waals surface area contributed by atoms with Gasteiger partial charge in [-0.25, -0.2) is 13.4 Å². The Morgan fingerprint density at radius 3 is 2.39 bits per heavy atom. The van der Waals surface area contributed by atoms with Crippen molar-refractivity contribution >= 4 is 27.5 Å². The van der Waals surface area contributed by atoms with Gasteiger partial charge in [-0.05, 0) is 42.9 Å². The average Bonchev–Trinajstić information content (AvgIpc) is 2.85. The van der Waals surface area contributed by atoms with E-state index in [0.29, 0.717) is 31.8 Å². The quantitative estimate of drug-likeness (QED) is 0.557. The molecule has 2 aromatic rings. The zero-order valence-corrected chi connectivity index (χ0v) is 20.4. The lowest BCUT2D eigenvalue weighted by Crippen LogP contribution is -2.44. The van der Waals surface area contributed by atoms with Crippen molar-refractivity contribution in [2.24, 2.45) is 11.8 Å². The lowest BCUT2D eigenvalue weighted by Gasteiger charge is -2.32. The van der Waals surface area contributed by atoms with Gasteiger partial charge in [-0.1, -0.05) is 74.0 Å². The summed E-state index contributed by atoms with van der Waals surface area (Å²) in [5, 5.41) is 3.28. The monoisotopic (exact) mass is 489 g/mol. The fourth-order valence-corrected chi connectivity index (χ4v) is 6.97. The number of amides is 1. The summed E-state index contributed by atoms with van der Waals surface area (Å²) in [4.78, 5) is 17.1. The fraction of sp³-hybridized carbons (Fsp3) is 0.520. The smallest absolute Gasteiger partial charge is 0.246 e. The molecule has 1 unspecified atom stereocenters. The molecule has 4 rings (SSSR count). The van der Waals surface area contributed by atoms with Gasteiger partial charge >= 0.3 is 0 Å². The predicted octanol–water partition coefficient (Wildman–Crippen LogP) is 4.96. The number of sulfonamides is 1. The lowest BCUT2D eigenvalue weighted by atomic mass is 9.83. The Kier molecular flexibility index (Phi) is 8.04. The maximum Gasteiger partial charge on any atom is 0.246 e. The van der Waals surface area contributed by atoms with E-state index in [0.717, 1.165) is 12.0 Å². The molecule has 1 aliphatic heterocycles. The zero-order chi connectivity index (χ0) is 23.3. The largest absolute Gasteiger partial charge is 0.349 e. The van der Waals surface area contributed by atoms with Crippen molar-refractivity contribution in [3.63, 3.8) is 0 Å². The number of halogens is 1. The second-order valence-electron chi connectivity index (χ2n) is 9.18. The first-order valence-electron chi connectivity index (χ1n) is 11.9. The van der Waals surface area contributed by atoms with E-state index in [2.05, 4.69) is 22.4 Å². The molecule has 1 aromatic carbocycles. The highest BCUT2D eigenvalue weighted by Crippen LogP contribution is 2.33. The van der Waals surface area contributed by atoms with Crippen LogP contribution < -0.4 is 5.32 Å². The van der Waals surface area contributed by atoms with Gasteiger partial charge in [0.2, 0.25) is 15.9 Å². The van der Waals surface area contributed by atoms with Crippen LogP contribution in [0.25, 0.3) is 0 Å². The summed E-state index contributed by atoms with van der Waals surface area (Å²) < 4.78 is 27.4. The highest BCUT2D eigenvalue weighted by Gasteiger charge is 2.34. The zero-order valence-electron chi connectivity index (χ0n) is 18.8. The Labute approximate surface area is 201 Å². The maximum absolute atomic E-state index is 13.2. The third kappa shape index (κ3) is 5.94. The van der Waals surface area contributed by atoms with Crippen LogP contribution in [0.5, 0.6) is 0 Å². The first-order chi connectivity index (χ1) is 15.9. The number of aromatic nitrogens is 1. The van der Waals surface area contributed by atoms with E-state index >= 15 is 0 Å². The molecule has 0 spiro atoms. The molecule has 178 valence electrons. The number of carbonyl (C=O) groups excluding carboxylic acids is 1. The number of pyridine rings is 1. The molecule has 6 nitrogen and oxygen atoms in total. The Morgan fingerprint density at radius 2 is 1.73 bits per heavy atom. The van der Waals surface area contributed by atoms with Gasteiger partial charge in [0.15, 0.2) is 0 Å². The molecule has 8 heteroatoms. The average molecular weight is 490 g/mol. The van der Waals surface area contributed by atoms with Crippen LogP contribution in [0.15, 0.2) is 53.6 Å². The Balaban J connectivity index is 1.39. The minimum Gasteiger partial charge on any atom is -0.349 e. The number of hydrogen-bond donors (Lipinski definition) is 1. The summed E-state index contributed by atoms with van der Waals surface area (Å²) in [7, 11) is -3.72. The van der Waals surface area contributed by atoms with Crippen molar-refractivity contribution in [3.8, 4) is 0 Å². The summed E-state index contributed by atoms with van der Waals surface area (Å²) in [5.41, 5.74) is 1.14. The lowest BCUT2D eigenvalue weighted by molar-refractivity contribution is -0.127. The van der Waals surface area contributed by atoms with Crippen LogP contribution in [0.2, 0.25) is 5.15 Å². The van der Waals surface area contributed by atoms with E-state index in [1.54, 1.807) is 6.07 Å². The van der Waals surface area contributed by atoms with Crippen LogP contribution in [0.3, 0.4) is 0 Å². The number of nitrogens with zero attached hydrogens (tertiary/aromatic N) is 2. The summed E-state index contributed by atoms with van der Waals surface area (Å²) in [5.74, 6) is 0.468.